The zero-order valence-electron chi connectivity index (χ0n) is 16.5. The number of hydrogen-bond donors (Lipinski definition) is 0. The number of hydrogen-bond acceptors (Lipinski definition) is 3. The summed E-state index contributed by atoms with van der Waals surface area (Å²) in [5, 5.41) is 1.28. The highest BCUT2D eigenvalue weighted by molar-refractivity contribution is 6.31. The van der Waals surface area contributed by atoms with Gasteiger partial charge in [0.05, 0.1) is 0 Å². The molecule has 3 nitrogen and oxygen atoms in total. The third-order valence-corrected chi connectivity index (χ3v) is 6.73. The summed E-state index contributed by atoms with van der Waals surface area (Å²) in [4.78, 5) is 28.6. The molecular weight excluding hydrogens is 417 g/mol. The molecule has 0 aromatic heterocycles. The van der Waals surface area contributed by atoms with Gasteiger partial charge in [-0.25, -0.2) is 0 Å². The number of carbonyl (C=O) groups excluding carboxylic acids is 2. The minimum absolute atomic E-state index is 0.133. The van der Waals surface area contributed by atoms with Gasteiger partial charge in [0.15, 0.2) is 11.6 Å². The molecule has 0 N–H and O–H groups in total. The lowest BCUT2D eigenvalue weighted by atomic mass is 9.71. The molecule has 0 amide bonds. The van der Waals surface area contributed by atoms with Gasteiger partial charge in [-0.05, 0) is 61.6 Å². The molecule has 0 fully saturated rings. The Morgan fingerprint density at radius 1 is 0.733 bits per heavy atom. The normalized spacial score (nSPS) is 19.9. The van der Waals surface area contributed by atoms with Crippen LogP contribution in [-0.4, -0.2) is 11.6 Å². The van der Waals surface area contributed by atoms with E-state index in [2.05, 4.69) is 4.90 Å². The molecule has 0 saturated heterocycles. The van der Waals surface area contributed by atoms with Crippen molar-refractivity contribution in [2.45, 2.75) is 44.4 Å². The van der Waals surface area contributed by atoms with Crippen molar-refractivity contribution >= 4 is 40.5 Å². The molecular formula is C25H21Cl2NO2. The molecule has 2 aromatic rings. The summed E-state index contributed by atoms with van der Waals surface area (Å²) in [6, 6.07) is 15.2. The highest BCUT2D eigenvalue weighted by atomic mass is 35.5. The Morgan fingerprint density at radius 3 is 1.90 bits per heavy atom. The van der Waals surface area contributed by atoms with Crippen LogP contribution in [0.3, 0.4) is 0 Å². The Balaban J connectivity index is 1.79. The third kappa shape index (κ3) is 3.21. The Labute approximate surface area is 186 Å². The number of carbonyl (C=O) groups is 2. The Kier molecular flexibility index (Phi) is 5.04. The fourth-order valence-corrected chi connectivity index (χ4v) is 5.35. The van der Waals surface area contributed by atoms with Gasteiger partial charge in [-0.3, -0.25) is 9.59 Å². The zero-order valence-corrected chi connectivity index (χ0v) is 18.0. The van der Waals surface area contributed by atoms with Crippen molar-refractivity contribution in [3.63, 3.8) is 0 Å². The van der Waals surface area contributed by atoms with Crippen molar-refractivity contribution in [1.82, 2.24) is 0 Å². The molecule has 0 saturated carbocycles. The van der Waals surface area contributed by atoms with Gasteiger partial charge in [-0.15, -0.1) is 0 Å². The molecule has 152 valence electrons. The fourth-order valence-electron chi connectivity index (χ4n) is 5.04. The van der Waals surface area contributed by atoms with Gasteiger partial charge in [0, 0.05) is 57.0 Å². The van der Waals surface area contributed by atoms with Crippen molar-refractivity contribution in [3.8, 4) is 0 Å². The average Bonchev–Trinajstić information content (AvgIpc) is 2.73. The number of ketones is 2. The first kappa shape index (κ1) is 19.6. The van der Waals surface area contributed by atoms with E-state index in [9.17, 15) is 9.59 Å². The topological polar surface area (TPSA) is 37.4 Å². The lowest BCUT2D eigenvalue weighted by Crippen LogP contribution is -2.39. The van der Waals surface area contributed by atoms with Crippen molar-refractivity contribution in [1.29, 1.82) is 0 Å². The second-order valence-electron chi connectivity index (χ2n) is 8.07. The molecule has 1 aliphatic heterocycles. The van der Waals surface area contributed by atoms with Gasteiger partial charge in [0.25, 0.3) is 0 Å². The number of benzene rings is 2. The second-order valence-corrected chi connectivity index (χ2v) is 8.95. The first-order chi connectivity index (χ1) is 14.5. The number of halogens is 2. The summed E-state index contributed by atoms with van der Waals surface area (Å²) in [7, 11) is 0. The summed E-state index contributed by atoms with van der Waals surface area (Å²) in [6.07, 6.45) is 4.29. The molecule has 1 heterocycles. The van der Waals surface area contributed by atoms with Gasteiger partial charge in [-0.2, -0.15) is 0 Å². The average molecular weight is 438 g/mol. The van der Waals surface area contributed by atoms with E-state index in [0.29, 0.717) is 22.9 Å². The van der Waals surface area contributed by atoms with Crippen molar-refractivity contribution < 1.29 is 9.59 Å². The minimum atomic E-state index is -0.316. The van der Waals surface area contributed by atoms with E-state index in [1.807, 2.05) is 48.5 Å². The van der Waals surface area contributed by atoms with Crippen LogP contribution < -0.4 is 4.90 Å². The van der Waals surface area contributed by atoms with Crippen molar-refractivity contribution in [2.24, 2.45) is 0 Å². The van der Waals surface area contributed by atoms with Crippen LogP contribution >= 0.6 is 23.2 Å². The van der Waals surface area contributed by atoms with E-state index in [0.717, 1.165) is 59.5 Å². The molecule has 2 aromatic carbocycles. The highest BCUT2D eigenvalue weighted by Gasteiger charge is 2.43. The first-order valence-corrected chi connectivity index (χ1v) is 11.1. The summed E-state index contributed by atoms with van der Waals surface area (Å²) < 4.78 is 0. The fraction of sp³-hybridized carbons (Fsp3) is 0.280. The van der Waals surface area contributed by atoms with E-state index in [-0.39, 0.29) is 17.5 Å². The molecule has 0 unspecified atom stereocenters. The summed E-state index contributed by atoms with van der Waals surface area (Å²) >= 11 is 12.4. The predicted molar refractivity (Wildman–Crippen MR) is 120 cm³/mol. The Morgan fingerprint density at radius 2 is 1.33 bits per heavy atom. The van der Waals surface area contributed by atoms with E-state index in [4.69, 9.17) is 23.2 Å². The molecule has 5 rings (SSSR count). The van der Waals surface area contributed by atoms with Gasteiger partial charge >= 0.3 is 0 Å². The number of nitrogens with zero attached hydrogens (tertiary/aromatic N) is 1. The SMILES string of the molecule is O=C1CCCC2=C1C(c1ccc(Cl)cc1)C1=C(CCCC1=O)N2c1cccc(Cl)c1. The van der Waals surface area contributed by atoms with Crippen LogP contribution in [0.2, 0.25) is 10.0 Å². The minimum Gasteiger partial charge on any atom is -0.317 e. The molecule has 0 bridgehead atoms. The van der Waals surface area contributed by atoms with E-state index < -0.39 is 0 Å². The Bertz CT molecular complexity index is 1070. The van der Waals surface area contributed by atoms with Crippen molar-refractivity contribution in [2.75, 3.05) is 4.90 Å². The maximum Gasteiger partial charge on any atom is 0.161 e. The standard InChI is InChI=1S/C25H21Cl2NO2/c26-16-12-10-15(11-13-16)23-24-19(6-2-8-21(24)29)28(18-5-1-4-17(27)14-18)20-7-3-9-22(30)25(20)23/h1,4-5,10-14,23H,2-3,6-9H2. The summed E-state index contributed by atoms with van der Waals surface area (Å²) in [5.41, 5.74) is 5.43. The quantitative estimate of drug-likeness (QED) is 0.530. The monoisotopic (exact) mass is 437 g/mol. The van der Waals surface area contributed by atoms with Crippen LogP contribution in [0.4, 0.5) is 5.69 Å². The molecule has 5 heteroatoms. The van der Waals surface area contributed by atoms with Crippen LogP contribution in [0.15, 0.2) is 71.1 Å². The first-order valence-electron chi connectivity index (χ1n) is 10.4. The smallest absolute Gasteiger partial charge is 0.161 e. The summed E-state index contributed by atoms with van der Waals surface area (Å²) in [5.74, 6) is -0.0513. The molecule has 2 aliphatic carbocycles. The van der Waals surface area contributed by atoms with Crippen LogP contribution in [0.25, 0.3) is 0 Å². The molecule has 3 aliphatic rings. The molecule has 30 heavy (non-hydrogen) atoms. The molecule has 0 atom stereocenters. The largest absolute Gasteiger partial charge is 0.317 e. The van der Waals surface area contributed by atoms with E-state index >= 15 is 0 Å². The maximum atomic E-state index is 13.2. The second kappa shape index (κ2) is 7.72. The maximum absolute atomic E-state index is 13.2. The Hall–Kier alpha value is -2.36. The highest BCUT2D eigenvalue weighted by Crippen LogP contribution is 2.50. The third-order valence-electron chi connectivity index (χ3n) is 6.24. The number of rotatable bonds is 2. The predicted octanol–water partition coefficient (Wildman–Crippen LogP) is 6.61. The van der Waals surface area contributed by atoms with Crippen LogP contribution in [0, 0.1) is 0 Å². The molecule has 0 radical (unpaired) electrons. The van der Waals surface area contributed by atoms with E-state index in [1.54, 1.807) is 0 Å². The lowest BCUT2D eigenvalue weighted by molar-refractivity contribution is -0.116. The van der Waals surface area contributed by atoms with E-state index in [1.165, 1.54) is 0 Å². The van der Waals surface area contributed by atoms with Crippen LogP contribution in [0.1, 0.15) is 50.0 Å². The summed E-state index contributed by atoms with van der Waals surface area (Å²) in [6.45, 7) is 0. The van der Waals surface area contributed by atoms with Gasteiger partial charge in [0.1, 0.15) is 0 Å². The van der Waals surface area contributed by atoms with Gasteiger partial charge in [-0.1, -0.05) is 41.4 Å². The van der Waals surface area contributed by atoms with Crippen molar-refractivity contribution in [3.05, 3.63) is 86.7 Å². The lowest BCUT2D eigenvalue weighted by Gasteiger charge is -2.44. The van der Waals surface area contributed by atoms with Gasteiger partial charge < -0.3 is 4.90 Å². The van der Waals surface area contributed by atoms with Crippen LogP contribution in [-0.2, 0) is 9.59 Å². The van der Waals surface area contributed by atoms with Gasteiger partial charge in [0.2, 0.25) is 0 Å². The van der Waals surface area contributed by atoms with Crippen LogP contribution in [0.5, 0.6) is 0 Å². The zero-order chi connectivity index (χ0) is 20.8. The number of allylic oxidation sites excluding steroid dienone is 4. The number of Topliss-reactive ketones (excluding diaryl/α,β-unsaturated/α-hetero) is 2. The number of anilines is 1. The molecule has 0 spiro atoms.